The third kappa shape index (κ3) is 2.64. The van der Waals surface area contributed by atoms with Gasteiger partial charge in [-0.05, 0) is 0 Å². The second-order valence-electron chi connectivity index (χ2n) is 3.39. The summed E-state index contributed by atoms with van der Waals surface area (Å²) in [6.07, 6.45) is -4.69. The molecule has 1 aliphatic rings. The fourth-order valence-electron chi connectivity index (χ4n) is 1.44. The molecule has 5 N–H and O–H groups in total. The molecule has 1 fully saturated rings. The van der Waals surface area contributed by atoms with E-state index in [0.29, 0.717) is 0 Å². The lowest BCUT2D eigenvalue weighted by Gasteiger charge is -2.39. The van der Waals surface area contributed by atoms with Gasteiger partial charge in [-0.2, -0.15) is 0 Å². The Bertz CT molecular complexity index is 233. The Morgan fingerprint density at radius 2 is 2.13 bits per heavy atom. The van der Waals surface area contributed by atoms with Crippen molar-refractivity contribution in [2.75, 3.05) is 6.61 Å². The van der Waals surface area contributed by atoms with Crippen molar-refractivity contribution in [2.24, 2.45) is 5.73 Å². The highest BCUT2D eigenvalue weighted by Gasteiger charge is 2.44. The summed E-state index contributed by atoms with van der Waals surface area (Å²) in [7, 11) is 0. The van der Waals surface area contributed by atoms with Gasteiger partial charge in [-0.25, -0.2) is 0 Å². The Hall–Kier alpha value is -0.730. The number of hydrogen-bond acceptors (Lipinski definition) is 7. The van der Waals surface area contributed by atoms with Crippen LogP contribution in [0.4, 0.5) is 0 Å². The van der Waals surface area contributed by atoms with Gasteiger partial charge in [-0.1, -0.05) is 0 Å². The third-order valence-electron chi connectivity index (χ3n) is 2.22. The van der Waals surface area contributed by atoms with Crippen molar-refractivity contribution in [1.82, 2.24) is 0 Å². The Morgan fingerprint density at radius 1 is 1.53 bits per heavy atom. The van der Waals surface area contributed by atoms with E-state index in [0.717, 1.165) is 6.92 Å². The van der Waals surface area contributed by atoms with Crippen molar-refractivity contribution in [3.8, 4) is 0 Å². The Morgan fingerprint density at radius 3 is 2.60 bits per heavy atom. The Labute approximate surface area is 86.4 Å². The first-order valence-electron chi connectivity index (χ1n) is 4.52. The molecule has 1 heterocycles. The van der Waals surface area contributed by atoms with E-state index in [1.165, 1.54) is 0 Å². The first-order valence-corrected chi connectivity index (χ1v) is 4.52. The van der Waals surface area contributed by atoms with E-state index in [1.54, 1.807) is 0 Å². The minimum absolute atomic E-state index is 0.487. The molecule has 0 aromatic carbocycles. The molecular formula is C8H15NO6. The van der Waals surface area contributed by atoms with Gasteiger partial charge in [0.25, 0.3) is 0 Å². The highest BCUT2D eigenvalue weighted by molar-refractivity contribution is 5.66. The van der Waals surface area contributed by atoms with E-state index >= 15 is 0 Å². The summed E-state index contributed by atoms with van der Waals surface area (Å²) >= 11 is 0. The van der Waals surface area contributed by atoms with Crippen LogP contribution in [0.5, 0.6) is 0 Å². The van der Waals surface area contributed by atoms with Crippen LogP contribution in [0.3, 0.4) is 0 Å². The fraction of sp³-hybridized carbons (Fsp3) is 0.875. The van der Waals surface area contributed by atoms with Gasteiger partial charge in [0, 0.05) is 6.92 Å². The van der Waals surface area contributed by atoms with Crippen molar-refractivity contribution < 1.29 is 29.6 Å². The summed E-state index contributed by atoms with van der Waals surface area (Å²) in [5.41, 5.74) is 5.41. The molecule has 0 saturated carbocycles. The number of hydrogen-bond donors (Lipinski definition) is 4. The van der Waals surface area contributed by atoms with E-state index in [2.05, 4.69) is 0 Å². The molecule has 0 bridgehead atoms. The SMILES string of the molecule is CC(=O)O[C@@H]1[C@H](O)[C@@H](N)C(O)O[C@@H]1CO. The summed E-state index contributed by atoms with van der Waals surface area (Å²) in [4.78, 5) is 10.7. The number of nitrogens with two attached hydrogens (primary N) is 1. The normalized spacial score (nSPS) is 41.3. The number of carbonyl (C=O) groups excluding carboxylic acids is 1. The van der Waals surface area contributed by atoms with Crippen LogP contribution in [0.25, 0.3) is 0 Å². The molecule has 0 spiro atoms. The maximum Gasteiger partial charge on any atom is 0.303 e. The van der Waals surface area contributed by atoms with Gasteiger partial charge in [0.2, 0.25) is 0 Å². The molecule has 0 aromatic heterocycles. The molecule has 5 atom stereocenters. The zero-order chi connectivity index (χ0) is 11.6. The average Bonchev–Trinajstić information content (AvgIpc) is 2.18. The maximum absolute atomic E-state index is 10.7. The second kappa shape index (κ2) is 4.86. The number of rotatable bonds is 2. The third-order valence-corrected chi connectivity index (χ3v) is 2.22. The summed E-state index contributed by atoms with van der Waals surface area (Å²) < 4.78 is 9.64. The van der Waals surface area contributed by atoms with Crippen molar-refractivity contribution >= 4 is 5.97 Å². The molecule has 0 radical (unpaired) electrons. The van der Waals surface area contributed by atoms with Gasteiger partial charge in [0.1, 0.15) is 12.2 Å². The van der Waals surface area contributed by atoms with Gasteiger partial charge in [0.15, 0.2) is 12.4 Å². The number of aliphatic hydroxyl groups excluding tert-OH is 3. The Balaban J connectivity index is 2.75. The van der Waals surface area contributed by atoms with E-state index < -0.39 is 43.2 Å². The van der Waals surface area contributed by atoms with Crippen LogP contribution in [0.1, 0.15) is 6.92 Å². The molecule has 1 saturated heterocycles. The first kappa shape index (κ1) is 12.3. The predicted octanol–water partition coefficient (Wildman–Crippen LogP) is -2.68. The second-order valence-corrected chi connectivity index (χ2v) is 3.39. The highest BCUT2D eigenvalue weighted by atomic mass is 16.6. The van der Waals surface area contributed by atoms with Crippen molar-refractivity contribution in [1.29, 1.82) is 0 Å². The van der Waals surface area contributed by atoms with Crippen LogP contribution in [-0.4, -0.2) is 58.5 Å². The zero-order valence-electron chi connectivity index (χ0n) is 8.24. The van der Waals surface area contributed by atoms with E-state index in [9.17, 15) is 15.0 Å². The minimum Gasteiger partial charge on any atom is -0.457 e. The van der Waals surface area contributed by atoms with Crippen LogP contribution in [0, 0.1) is 0 Å². The van der Waals surface area contributed by atoms with Crippen molar-refractivity contribution in [3.63, 3.8) is 0 Å². The molecule has 1 unspecified atom stereocenters. The molecule has 0 aromatic rings. The number of carbonyl (C=O) groups is 1. The number of aliphatic hydroxyl groups is 3. The predicted molar refractivity (Wildman–Crippen MR) is 47.5 cm³/mol. The van der Waals surface area contributed by atoms with Crippen LogP contribution in [0.15, 0.2) is 0 Å². The monoisotopic (exact) mass is 221 g/mol. The highest BCUT2D eigenvalue weighted by Crippen LogP contribution is 2.21. The van der Waals surface area contributed by atoms with Gasteiger partial charge in [-0.15, -0.1) is 0 Å². The summed E-state index contributed by atoms with van der Waals surface area (Å²) in [5, 5.41) is 27.8. The van der Waals surface area contributed by atoms with Crippen LogP contribution < -0.4 is 5.73 Å². The van der Waals surface area contributed by atoms with E-state index in [4.69, 9.17) is 20.3 Å². The van der Waals surface area contributed by atoms with Gasteiger partial charge < -0.3 is 30.5 Å². The molecule has 0 aliphatic carbocycles. The summed E-state index contributed by atoms with van der Waals surface area (Å²) in [5.74, 6) is -0.621. The number of esters is 1. The van der Waals surface area contributed by atoms with Crippen LogP contribution in [0.2, 0.25) is 0 Å². The lowest BCUT2D eigenvalue weighted by atomic mass is 9.97. The van der Waals surface area contributed by atoms with Gasteiger partial charge >= 0.3 is 5.97 Å². The zero-order valence-corrected chi connectivity index (χ0v) is 8.24. The van der Waals surface area contributed by atoms with E-state index in [-0.39, 0.29) is 0 Å². The average molecular weight is 221 g/mol. The first-order chi connectivity index (χ1) is 6.97. The fourth-order valence-corrected chi connectivity index (χ4v) is 1.44. The molecule has 1 aliphatic heterocycles. The smallest absolute Gasteiger partial charge is 0.303 e. The molecular weight excluding hydrogens is 206 g/mol. The number of ether oxygens (including phenoxy) is 2. The van der Waals surface area contributed by atoms with Crippen molar-refractivity contribution in [3.05, 3.63) is 0 Å². The van der Waals surface area contributed by atoms with E-state index in [1.807, 2.05) is 0 Å². The van der Waals surface area contributed by atoms with Crippen LogP contribution in [-0.2, 0) is 14.3 Å². The largest absolute Gasteiger partial charge is 0.457 e. The van der Waals surface area contributed by atoms with Gasteiger partial charge in [0.05, 0.1) is 12.6 Å². The molecule has 7 nitrogen and oxygen atoms in total. The molecule has 15 heavy (non-hydrogen) atoms. The molecule has 1 rings (SSSR count). The lowest BCUT2D eigenvalue weighted by molar-refractivity contribution is -0.254. The van der Waals surface area contributed by atoms with Gasteiger partial charge in [-0.3, -0.25) is 4.79 Å². The Kier molecular flexibility index (Phi) is 4.00. The maximum atomic E-state index is 10.7. The van der Waals surface area contributed by atoms with Crippen molar-refractivity contribution in [2.45, 2.75) is 37.6 Å². The summed E-state index contributed by atoms with van der Waals surface area (Å²) in [6.45, 7) is 0.677. The topological polar surface area (TPSA) is 122 Å². The lowest BCUT2D eigenvalue weighted by Crippen LogP contribution is -2.62. The summed E-state index contributed by atoms with van der Waals surface area (Å²) in [6, 6.07) is -1.07. The molecule has 0 amide bonds. The molecule has 88 valence electrons. The standard InChI is InChI=1S/C8H15NO6/c1-3(11)14-7-4(2-10)15-8(13)5(9)6(7)12/h4-8,10,12-13H,2,9H2,1H3/t4-,5-,6-,7+,8?/m1/s1. The minimum atomic E-state index is -1.39. The molecule has 7 heteroatoms. The quantitative estimate of drug-likeness (QED) is 0.375. The van der Waals surface area contributed by atoms with Crippen LogP contribution >= 0.6 is 0 Å².